The maximum atomic E-state index is 13.4. The number of benzene rings is 1. The second kappa shape index (κ2) is 5.45. The van der Waals surface area contributed by atoms with E-state index in [9.17, 15) is 17.6 Å². The Morgan fingerprint density at radius 3 is 2.20 bits per heavy atom. The quantitative estimate of drug-likeness (QED) is 0.698. The first-order chi connectivity index (χ1) is 9.42. The van der Waals surface area contributed by atoms with Gasteiger partial charge in [0.05, 0.1) is 7.11 Å². The Balaban J connectivity index is 2.47. The molecule has 1 heterocycles. The van der Waals surface area contributed by atoms with Gasteiger partial charge in [0.1, 0.15) is 5.69 Å². The Labute approximate surface area is 114 Å². The molecule has 1 aromatic heterocycles. The molecule has 0 fully saturated rings. The highest BCUT2D eigenvalue weighted by molar-refractivity contribution is 6.28. The molecule has 0 atom stereocenters. The molecule has 20 heavy (non-hydrogen) atoms. The first-order valence-corrected chi connectivity index (χ1v) is 5.35. The predicted octanol–water partition coefficient (Wildman–Crippen LogP) is 2.83. The lowest BCUT2D eigenvalue weighted by Crippen LogP contribution is -2.07. The topological polar surface area (TPSA) is 59.9 Å². The zero-order chi connectivity index (χ0) is 14.9. The zero-order valence-corrected chi connectivity index (χ0v) is 10.5. The van der Waals surface area contributed by atoms with Gasteiger partial charge in [-0.15, -0.1) is 0 Å². The highest BCUT2D eigenvalue weighted by Crippen LogP contribution is 2.26. The largest absolute Gasteiger partial charge is 0.467 e. The second-order valence-corrected chi connectivity index (χ2v) is 3.72. The Hall–Kier alpha value is -2.16. The van der Waals surface area contributed by atoms with Crippen molar-refractivity contribution in [1.29, 1.82) is 0 Å². The van der Waals surface area contributed by atoms with Crippen molar-refractivity contribution in [1.82, 2.24) is 15.0 Å². The minimum Gasteiger partial charge on any atom is -0.467 e. The van der Waals surface area contributed by atoms with Gasteiger partial charge in [-0.05, 0) is 11.6 Å². The normalized spacial score (nSPS) is 10.5. The lowest BCUT2D eigenvalue weighted by atomic mass is 10.2. The fraction of sp³-hybridized carbons (Fsp3) is 0.100. The maximum absolute atomic E-state index is 13.4. The maximum Gasteiger partial charge on any atom is 0.322 e. The second-order valence-electron chi connectivity index (χ2n) is 3.38. The summed E-state index contributed by atoms with van der Waals surface area (Å²) < 4.78 is 57.6. The molecule has 0 saturated carbocycles. The van der Waals surface area contributed by atoms with E-state index in [2.05, 4.69) is 19.7 Å². The zero-order valence-electron chi connectivity index (χ0n) is 9.72. The van der Waals surface area contributed by atoms with Gasteiger partial charge in [-0.2, -0.15) is 15.0 Å². The Morgan fingerprint density at radius 2 is 1.65 bits per heavy atom. The van der Waals surface area contributed by atoms with Gasteiger partial charge in [0.15, 0.2) is 23.3 Å². The van der Waals surface area contributed by atoms with Crippen molar-refractivity contribution in [3.63, 3.8) is 0 Å². The highest BCUT2D eigenvalue weighted by atomic mass is 35.5. The summed E-state index contributed by atoms with van der Waals surface area (Å²) in [6, 6.07) is -0.165. The average molecular weight is 309 g/mol. The monoisotopic (exact) mass is 308 g/mol. The van der Waals surface area contributed by atoms with E-state index in [0.717, 1.165) is 0 Å². The van der Waals surface area contributed by atoms with Crippen LogP contribution in [-0.4, -0.2) is 22.1 Å². The van der Waals surface area contributed by atoms with Crippen LogP contribution in [0.1, 0.15) is 0 Å². The van der Waals surface area contributed by atoms with E-state index in [1.165, 1.54) is 7.11 Å². The van der Waals surface area contributed by atoms with E-state index in [1.807, 2.05) is 5.32 Å². The predicted molar refractivity (Wildman–Crippen MR) is 60.9 cm³/mol. The molecule has 0 radical (unpaired) electrons. The van der Waals surface area contributed by atoms with Gasteiger partial charge in [0.2, 0.25) is 11.2 Å². The molecular weight excluding hydrogens is 304 g/mol. The summed E-state index contributed by atoms with van der Waals surface area (Å²) in [6.45, 7) is 0. The number of nitrogens with zero attached hydrogens (tertiary/aromatic N) is 3. The molecule has 2 aromatic rings. The number of methoxy groups -OCH3 is 1. The van der Waals surface area contributed by atoms with E-state index in [1.54, 1.807) is 0 Å². The first-order valence-electron chi connectivity index (χ1n) is 4.98. The van der Waals surface area contributed by atoms with E-state index in [-0.39, 0.29) is 17.4 Å². The first kappa shape index (κ1) is 14.3. The number of hydrogen-bond donors (Lipinski definition) is 1. The fourth-order valence-corrected chi connectivity index (χ4v) is 1.43. The molecule has 0 unspecified atom stereocenters. The highest BCUT2D eigenvalue weighted by Gasteiger charge is 2.20. The summed E-state index contributed by atoms with van der Waals surface area (Å²) in [5.41, 5.74) is -1.09. The smallest absolute Gasteiger partial charge is 0.322 e. The molecule has 0 aliphatic carbocycles. The molecule has 0 amide bonds. The molecule has 2 rings (SSSR count). The lowest BCUT2D eigenvalue weighted by Gasteiger charge is -2.09. The molecule has 0 bridgehead atoms. The van der Waals surface area contributed by atoms with Crippen LogP contribution in [0.5, 0.6) is 6.01 Å². The van der Waals surface area contributed by atoms with E-state index in [4.69, 9.17) is 11.6 Å². The van der Waals surface area contributed by atoms with Gasteiger partial charge < -0.3 is 10.1 Å². The van der Waals surface area contributed by atoms with Gasteiger partial charge in [-0.25, -0.2) is 17.6 Å². The van der Waals surface area contributed by atoms with Crippen LogP contribution in [0, 0.1) is 23.3 Å². The minimum atomic E-state index is -1.63. The van der Waals surface area contributed by atoms with Crippen LogP contribution in [0.3, 0.4) is 0 Å². The molecule has 0 spiro atoms. The van der Waals surface area contributed by atoms with Gasteiger partial charge in [-0.3, -0.25) is 0 Å². The number of ether oxygens (including phenoxy) is 1. The summed E-state index contributed by atoms with van der Waals surface area (Å²) in [7, 11) is 1.22. The Kier molecular flexibility index (Phi) is 3.89. The molecule has 0 saturated heterocycles. The molecule has 1 aromatic carbocycles. The number of halogens is 5. The molecule has 10 heteroatoms. The van der Waals surface area contributed by atoms with Crippen LogP contribution in [0.2, 0.25) is 5.28 Å². The third-order valence-electron chi connectivity index (χ3n) is 2.12. The van der Waals surface area contributed by atoms with E-state index >= 15 is 0 Å². The van der Waals surface area contributed by atoms with Crippen molar-refractivity contribution in [2.24, 2.45) is 0 Å². The number of rotatable bonds is 3. The Bertz CT molecular complexity index is 644. The summed E-state index contributed by atoms with van der Waals surface area (Å²) in [4.78, 5) is 10.6. The molecule has 106 valence electrons. The number of nitrogens with one attached hydrogen (secondary N) is 1. The van der Waals surface area contributed by atoms with Gasteiger partial charge in [0.25, 0.3) is 0 Å². The Morgan fingerprint density at radius 1 is 1.05 bits per heavy atom. The number of hydrogen-bond acceptors (Lipinski definition) is 5. The molecule has 1 N–H and O–H groups in total. The lowest BCUT2D eigenvalue weighted by molar-refractivity contribution is 0.379. The summed E-state index contributed by atoms with van der Waals surface area (Å²) in [5, 5.41) is 1.64. The van der Waals surface area contributed by atoms with Crippen LogP contribution in [-0.2, 0) is 0 Å². The van der Waals surface area contributed by atoms with Gasteiger partial charge >= 0.3 is 6.01 Å². The molecular formula is C10H5ClF4N4O. The van der Waals surface area contributed by atoms with Crippen molar-refractivity contribution >= 4 is 23.2 Å². The summed E-state index contributed by atoms with van der Waals surface area (Å²) in [5.74, 6) is -6.83. The summed E-state index contributed by atoms with van der Waals surface area (Å²) in [6.07, 6.45) is 0. The van der Waals surface area contributed by atoms with Crippen LogP contribution >= 0.6 is 11.6 Å². The fourth-order valence-electron chi connectivity index (χ4n) is 1.27. The van der Waals surface area contributed by atoms with E-state index < -0.39 is 34.9 Å². The van der Waals surface area contributed by atoms with Crippen molar-refractivity contribution in [2.75, 3.05) is 12.4 Å². The molecule has 0 aliphatic heterocycles. The van der Waals surface area contributed by atoms with Crippen LogP contribution in [0.15, 0.2) is 6.07 Å². The van der Waals surface area contributed by atoms with Crippen LogP contribution in [0.4, 0.5) is 29.2 Å². The standard InChI is InChI=1S/C10H5ClF4N4O/c1-20-10-18-8(11)17-9(19-10)16-7-5(14)3(12)2-4(13)6(7)15/h2H,1H3,(H,16,17,18,19). The third-order valence-corrected chi connectivity index (χ3v) is 2.29. The summed E-state index contributed by atoms with van der Waals surface area (Å²) >= 11 is 5.52. The minimum absolute atomic E-state index is 0.0802. The molecule has 5 nitrogen and oxygen atoms in total. The van der Waals surface area contributed by atoms with Gasteiger partial charge in [-0.1, -0.05) is 0 Å². The number of anilines is 2. The van der Waals surface area contributed by atoms with Crippen molar-refractivity contribution in [2.45, 2.75) is 0 Å². The number of aromatic nitrogens is 3. The van der Waals surface area contributed by atoms with Crippen LogP contribution < -0.4 is 10.1 Å². The average Bonchev–Trinajstić information content (AvgIpc) is 2.40. The third kappa shape index (κ3) is 2.72. The van der Waals surface area contributed by atoms with Gasteiger partial charge in [0, 0.05) is 6.07 Å². The van der Waals surface area contributed by atoms with Crippen molar-refractivity contribution in [3.8, 4) is 6.01 Å². The van der Waals surface area contributed by atoms with Crippen molar-refractivity contribution < 1.29 is 22.3 Å². The van der Waals surface area contributed by atoms with Crippen molar-refractivity contribution in [3.05, 3.63) is 34.6 Å². The SMILES string of the molecule is COc1nc(Cl)nc(Nc2c(F)c(F)cc(F)c2F)n1. The molecule has 0 aliphatic rings. The van der Waals surface area contributed by atoms with Crippen LogP contribution in [0.25, 0.3) is 0 Å². The van der Waals surface area contributed by atoms with E-state index in [0.29, 0.717) is 0 Å².